The minimum Gasteiger partial charge on any atom is -0.431 e. The maximum Gasteiger partial charge on any atom is 0.511 e. The van der Waals surface area contributed by atoms with E-state index in [1.165, 1.54) is 33.4 Å². The Morgan fingerprint density at radius 1 is 1.02 bits per heavy atom. The molecule has 0 aromatic heterocycles. The minimum atomic E-state index is -0.994. The number of aliphatic hydroxyl groups is 1. The normalized spacial score (nSPS) is 24.3. The molecule has 0 aromatic carbocycles. The molecule has 3 aliphatic rings. The van der Waals surface area contributed by atoms with E-state index < -0.39 is 79.0 Å². The Morgan fingerprint density at radius 3 is 2.26 bits per heavy atom. The highest BCUT2D eigenvalue weighted by Gasteiger charge is 2.60. The molecule has 0 aromatic rings. The first-order chi connectivity index (χ1) is 21.8. The summed E-state index contributed by atoms with van der Waals surface area (Å²) in [5.74, 6) is -3.35. The molecule has 16 heteroatoms. The average molecular weight is 672 g/mol. The summed E-state index contributed by atoms with van der Waals surface area (Å²) < 4.78 is 25.4. The van der Waals surface area contributed by atoms with Gasteiger partial charge in [0.25, 0.3) is 0 Å². The van der Waals surface area contributed by atoms with Crippen molar-refractivity contribution in [2.24, 2.45) is 11.8 Å². The number of fused-ring (bicyclic) bond motifs is 1. The SMILES string of the molecule is CCCC(=O)OCOC(=O)N1CC(SC2=C(C(=O)OCOC(=O)OC(CC)CC)N3C(=O)C([C@@H](C)O)C3[C@H]2C)CC1C(=O)N(C)C. The smallest absolute Gasteiger partial charge is 0.431 e. The number of thioether (sulfide) groups is 1. The van der Waals surface area contributed by atoms with E-state index in [-0.39, 0.29) is 37.1 Å². The lowest BCUT2D eigenvalue weighted by Gasteiger charge is -2.46. The fourth-order valence-electron chi connectivity index (χ4n) is 5.80. The number of rotatable bonds is 14. The summed E-state index contributed by atoms with van der Waals surface area (Å²) in [6, 6.07) is -1.41. The Balaban J connectivity index is 1.79. The van der Waals surface area contributed by atoms with E-state index in [1.807, 2.05) is 20.8 Å². The molecule has 0 radical (unpaired) electrons. The van der Waals surface area contributed by atoms with Crippen LogP contribution in [-0.4, -0.2) is 120 Å². The van der Waals surface area contributed by atoms with Crippen molar-refractivity contribution in [3.63, 3.8) is 0 Å². The van der Waals surface area contributed by atoms with Crippen molar-refractivity contribution in [1.82, 2.24) is 14.7 Å². The van der Waals surface area contributed by atoms with Crippen molar-refractivity contribution in [2.45, 2.75) is 96.3 Å². The minimum absolute atomic E-state index is 0.0410. The molecular weight excluding hydrogens is 626 g/mol. The van der Waals surface area contributed by atoms with Gasteiger partial charge in [-0.3, -0.25) is 19.3 Å². The molecule has 3 amide bonds. The third-order valence-corrected chi connectivity index (χ3v) is 9.71. The zero-order valence-electron chi connectivity index (χ0n) is 27.4. The quantitative estimate of drug-likeness (QED) is 0.123. The highest BCUT2D eigenvalue weighted by Crippen LogP contribution is 2.52. The Labute approximate surface area is 272 Å². The lowest BCUT2D eigenvalue weighted by atomic mass is 9.79. The molecule has 0 bridgehead atoms. The Hall–Kier alpha value is -3.53. The number of carbonyl (C=O) groups is 6. The van der Waals surface area contributed by atoms with Crippen molar-refractivity contribution in [1.29, 1.82) is 0 Å². The lowest BCUT2D eigenvalue weighted by Crippen LogP contribution is -2.63. The van der Waals surface area contributed by atoms with Gasteiger partial charge in [-0.15, -0.1) is 11.8 Å². The molecule has 258 valence electrons. The second-order valence-electron chi connectivity index (χ2n) is 11.6. The van der Waals surface area contributed by atoms with Gasteiger partial charge in [-0.25, -0.2) is 14.4 Å². The van der Waals surface area contributed by atoms with Crippen LogP contribution in [0.15, 0.2) is 10.6 Å². The molecule has 46 heavy (non-hydrogen) atoms. The first-order valence-corrected chi connectivity index (χ1v) is 16.4. The van der Waals surface area contributed by atoms with Crippen LogP contribution in [-0.2, 0) is 42.9 Å². The number of esters is 2. The third kappa shape index (κ3) is 8.24. The molecule has 3 heterocycles. The van der Waals surface area contributed by atoms with Crippen LogP contribution in [0.2, 0.25) is 0 Å². The predicted molar refractivity (Wildman–Crippen MR) is 162 cm³/mol. The first-order valence-electron chi connectivity index (χ1n) is 15.5. The van der Waals surface area contributed by atoms with Gasteiger partial charge in [0.05, 0.1) is 18.1 Å². The van der Waals surface area contributed by atoms with Crippen LogP contribution < -0.4 is 0 Å². The second kappa shape index (κ2) is 16.3. The van der Waals surface area contributed by atoms with Gasteiger partial charge in [-0.2, -0.15) is 0 Å². The van der Waals surface area contributed by atoms with Crippen LogP contribution >= 0.6 is 11.8 Å². The number of hydrogen-bond acceptors (Lipinski definition) is 13. The number of carbonyl (C=O) groups excluding carboxylic acids is 6. The van der Waals surface area contributed by atoms with Gasteiger partial charge in [-0.1, -0.05) is 27.7 Å². The number of nitrogens with zero attached hydrogens (tertiary/aromatic N) is 3. The van der Waals surface area contributed by atoms with Crippen LogP contribution in [0.3, 0.4) is 0 Å². The first kappa shape index (κ1) is 36.9. The predicted octanol–water partition coefficient (Wildman–Crippen LogP) is 2.60. The van der Waals surface area contributed by atoms with Crippen LogP contribution in [0, 0.1) is 11.8 Å². The van der Waals surface area contributed by atoms with Crippen LogP contribution in [0.1, 0.15) is 66.7 Å². The van der Waals surface area contributed by atoms with Crippen molar-refractivity contribution in [2.75, 3.05) is 34.2 Å². The summed E-state index contributed by atoms with van der Waals surface area (Å²) >= 11 is 1.23. The van der Waals surface area contributed by atoms with E-state index in [9.17, 15) is 33.9 Å². The maximum atomic E-state index is 13.4. The van der Waals surface area contributed by atoms with E-state index >= 15 is 0 Å². The van der Waals surface area contributed by atoms with Gasteiger partial charge >= 0.3 is 24.2 Å². The summed E-state index contributed by atoms with van der Waals surface area (Å²) in [4.78, 5) is 80.6. The van der Waals surface area contributed by atoms with Gasteiger partial charge in [0, 0.05) is 43.1 Å². The van der Waals surface area contributed by atoms with E-state index in [1.54, 1.807) is 21.0 Å². The monoisotopic (exact) mass is 671 g/mol. The zero-order valence-corrected chi connectivity index (χ0v) is 28.2. The number of likely N-dealkylation sites (N-methyl/N-ethyl adjacent to an activating group) is 1. The zero-order chi connectivity index (χ0) is 34.3. The maximum absolute atomic E-state index is 13.4. The Kier molecular flexibility index (Phi) is 13.1. The average Bonchev–Trinajstić information content (AvgIpc) is 3.52. The van der Waals surface area contributed by atoms with E-state index in [2.05, 4.69) is 0 Å². The third-order valence-electron chi connectivity index (χ3n) is 8.22. The summed E-state index contributed by atoms with van der Waals surface area (Å²) in [6.45, 7) is 7.55. The van der Waals surface area contributed by atoms with Gasteiger partial charge in [-0.05, 0) is 32.6 Å². The lowest BCUT2D eigenvalue weighted by molar-refractivity contribution is -0.167. The standard InChI is InChI=1S/C30H45N3O12S/c1-8-11-21(35)41-14-43-29(39)32-13-19(12-20(32)26(36)31(6)7)46-25-16(4)23-22(17(5)34)27(37)33(23)24(25)28(38)42-15-44-30(40)45-18(9-2)10-3/h16-20,22-23,34H,8-15H2,1-7H3/t16-,17-,19?,20?,22?,23?/m1/s1. The van der Waals surface area contributed by atoms with Crippen molar-refractivity contribution in [3.8, 4) is 0 Å². The van der Waals surface area contributed by atoms with Gasteiger partial charge < -0.3 is 38.6 Å². The highest BCUT2D eigenvalue weighted by molar-refractivity contribution is 8.03. The van der Waals surface area contributed by atoms with Gasteiger partial charge in [0.15, 0.2) is 0 Å². The van der Waals surface area contributed by atoms with Crippen molar-refractivity contribution in [3.05, 3.63) is 10.6 Å². The second-order valence-corrected chi connectivity index (χ2v) is 13.0. The molecule has 2 fully saturated rings. The Bertz CT molecular complexity index is 1200. The largest absolute Gasteiger partial charge is 0.511 e. The van der Waals surface area contributed by atoms with Gasteiger partial charge in [0.2, 0.25) is 25.4 Å². The number of ether oxygens (including phenoxy) is 5. The van der Waals surface area contributed by atoms with E-state index in [0.717, 1.165) is 0 Å². The summed E-state index contributed by atoms with van der Waals surface area (Å²) in [7, 11) is 3.12. The summed E-state index contributed by atoms with van der Waals surface area (Å²) in [5, 5.41) is 9.90. The van der Waals surface area contributed by atoms with Crippen LogP contribution in [0.4, 0.5) is 9.59 Å². The van der Waals surface area contributed by atoms with E-state index in [4.69, 9.17) is 23.7 Å². The van der Waals surface area contributed by atoms with Crippen LogP contribution in [0.25, 0.3) is 0 Å². The van der Waals surface area contributed by atoms with Gasteiger partial charge in [0.1, 0.15) is 17.8 Å². The number of hydrogen-bond donors (Lipinski definition) is 1. The topological polar surface area (TPSA) is 179 Å². The molecular formula is C30H45N3O12S. The molecule has 1 N–H and O–H groups in total. The fourth-order valence-corrected chi connectivity index (χ4v) is 7.32. The number of amides is 3. The molecule has 6 atom stereocenters. The number of aliphatic hydroxyl groups excluding tert-OH is 1. The highest BCUT2D eigenvalue weighted by atomic mass is 32.2. The molecule has 3 rings (SSSR count). The van der Waals surface area contributed by atoms with Crippen molar-refractivity contribution >= 4 is 47.8 Å². The summed E-state index contributed by atoms with van der Waals surface area (Å²) in [6.07, 6.45) is -1.03. The molecule has 4 unspecified atom stereocenters. The van der Waals surface area contributed by atoms with E-state index in [0.29, 0.717) is 24.2 Å². The van der Waals surface area contributed by atoms with Crippen molar-refractivity contribution < 1.29 is 57.6 Å². The molecule has 3 aliphatic heterocycles. The van der Waals surface area contributed by atoms with Crippen LogP contribution in [0.5, 0.6) is 0 Å². The molecule has 0 spiro atoms. The molecule has 2 saturated heterocycles. The fraction of sp³-hybridized carbons (Fsp3) is 0.733. The summed E-state index contributed by atoms with van der Waals surface area (Å²) in [5.41, 5.74) is -0.0410. The number of β-lactam (4-membered cyclic amide) rings is 1. The number of likely N-dealkylation sites (tertiary alicyclic amines) is 1. The Morgan fingerprint density at radius 2 is 1.67 bits per heavy atom. The molecule has 15 nitrogen and oxygen atoms in total. The molecule has 0 saturated carbocycles. The molecule has 0 aliphatic carbocycles.